The maximum atomic E-state index is 13.5. The molecule has 2 aromatic heterocycles. The smallest absolute Gasteiger partial charge is 0.224 e. The first-order valence-corrected chi connectivity index (χ1v) is 9.24. The molecule has 0 saturated heterocycles. The van der Waals surface area contributed by atoms with E-state index in [1.165, 1.54) is 0 Å². The number of halogens is 1. The van der Waals surface area contributed by atoms with Crippen LogP contribution in [-0.2, 0) is 7.05 Å². The minimum absolute atomic E-state index is 0.189. The second-order valence-corrected chi connectivity index (χ2v) is 6.87. The molecular weight excluding hydrogens is 335 g/mol. The minimum Gasteiger partial charge on any atom is -0.393 e. The van der Waals surface area contributed by atoms with Gasteiger partial charge in [0.2, 0.25) is 5.95 Å². The van der Waals surface area contributed by atoms with E-state index in [1.54, 1.807) is 10.9 Å². The lowest BCUT2D eigenvalue weighted by Crippen LogP contribution is -2.29. The standard InChI is InChI=1S/C18H27FN6O/c1-3-12(19)10-20-18-21-11-15(16-8-9-25(2)24-16)17(23-18)22-13-4-6-14(26)7-5-13/h8-9,11-14,26H,3-7,10H2,1-2H3,(H2,20,21,22,23). The van der Waals surface area contributed by atoms with Gasteiger partial charge in [0.05, 0.1) is 17.4 Å². The van der Waals surface area contributed by atoms with Crippen LogP contribution >= 0.6 is 0 Å². The summed E-state index contributed by atoms with van der Waals surface area (Å²) in [6.45, 7) is 2.00. The number of aromatic nitrogens is 4. The normalized spacial score (nSPS) is 21.4. The molecule has 1 fully saturated rings. The van der Waals surface area contributed by atoms with Gasteiger partial charge < -0.3 is 15.7 Å². The van der Waals surface area contributed by atoms with Crippen molar-refractivity contribution < 1.29 is 9.50 Å². The minimum atomic E-state index is -0.926. The molecule has 1 atom stereocenters. The molecule has 7 nitrogen and oxygen atoms in total. The molecule has 1 unspecified atom stereocenters. The number of alkyl halides is 1. The highest BCUT2D eigenvalue weighted by atomic mass is 19.1. The van der Waals surface area contributed by atoms with Gasteiger partial charge in [-0.15, -0.1) is 0 Å². The third-order valence-corrected chi connectivity index (χ3v) is 4.74. The summed E-state index contributed by atoms with van der Waals surface area (Å²) in [5.41, 5.74) is 1.60. The van der Waals surface area contributed by atoms with Crippen molar-refractivity contribution in [3.05, 3.63) is 18.5 Å². The van der Waals surface area contributed by atoms with Crippen molar-refractivity contribution in [2.75, 3.05) is 17.2 Å². The third-order valence-electron chi connectivity index (χ3n) is 4.74. The van der Waals surface area contributed by atoms with Gasteiger partial charge >= 0.3 is 0 Å². The summed E-state index contributed by atoms with van der Waals surface area (Å²) in [5.74, 6) is 1.09. The summed E-state index contributed by atoms with van der Waals surface area (Å²) in [4.78, 5) is 8.88. The predicted octanol–water partition coefficient (Wildman–Crippen LogP) is 2.75. The average Bonchev–Trinajstić information content (AvgIpc) is 3.08. The third kappa shape index (κ3) is 4.69. The number of hydrogen-bond donors (Lipinski definition) is 3. The number of aliphatic hydroxyl groups excluding tert-OH is 1. The van der Waals surface area contributed by atoms with Gasteiger partial charge in [0.1, 0.15) is 12.0 Å². The molecule has 0 bridgehead atoms. The fourth-order valence-corrected chi connectivity index (χ4v) is 3.08. The Morgan fingerprint density at radius 1 is 1.35 bits per heavy atom. The Bertz CT molecular complexity index is 713. The number of anilines is 2. The number of nitrogens with zero attached hydrogens (tertiary/aromatic N) is 4. The number of hydrogen-bond acceptors (Lipinski definition) is 6. The maximum absolute atomic E-state index is 13.5. The zero-order valence-corrected chi connectivity index (χ0v) is 15.3. The molecule has 3 N–H and O–H groups in total. The highest BCUT2D eigenvalue weighted by Gasteiger charge is 2.21. The van der Waals surface area contributed by atoms with Crippen molar-refractivity contribution in [3.8, 4) is 11.3 Å². The van der Waals surface area contributed by atoms with E-state index < -0.39 is 6.17 Å². The molecule has 0 aromatic carbocycles. The fraction of sp³-hybridized carbons (Fsp3) is 0.611. The lowest BCUT2D eigenvalue weighted by Gasteiger charge is -2.27. The van der Waals surface area contributed by atoms with E-state index in [4.69, 9.17) is 0 Å². The van der Waals surface area contributed by atoms with Gasteiger partial charge in [-0.1, -0.05) is 6.92 Å². The quantitative estimate of drug-likeness (QED) is 0.702. The van der Waals surface area contributed by atoms with Crippen LogP contribution in [0.3, 0.4) is 0 Å². The van der Waals surface area contributed by atoms with Crippen LogP contribution < -0.4 is 10.6 Å². The molecule has 0 aliphatic heterocycles. The summed E-state index contributed by atoms with van der Waals surface area (Å²) in [5, 5.41) is 20.6. The molecule has 1 aliphatic carbocycles. The Kier molecular flexibility index (Phi) is 6.03. The van der Waals surface area contributed by atoms with Gasteiger partial charge in [0, 0.05) is 32.0 Å². The zero-order chi connectivity index (χ0) is 18.5. The second kappa shape index (κ2) is 8.44. The van der Waals surface area contributed by atoms with Crippen molar-refractivity contribution in [2.24, 2.45) is 7.05 Å². The summed E-state index contributed by atoms with van der Waals surface area (Å²) >= 11 is 0. The van der Waals surface area contributed by atoms with Crippen LogP contribution in [-0.4, -0.2) is 49.7 Å². The van der Waals surface area contributed by atoms with Crippen LogP contribution in [0.2, 0.25) is 0 Å². The lowest BCUT2D eigenvalue weighted by molar-refractivity contribution is 0.126. The van der Waals surface area contributed by atoms with Gasteiger partial charge in [-0.2, -0.15) is 10.1 Å². The summed E-state index contributed by atoms with van der Waals surface area (Å²) in [6.07, 6.45) is 6.25. The van der Waals surface area contributed by atoms with E-state index in [1.807, 2.05) is 26.2 Å². The molecule has 1 saturated carbocycles. The Balaban J connectivity index is 1.81. The topological polar surface area (TPSA) is 87.9 Å². The van der Waals surface area contributed by atoms with E-state index in [9.17, 15) is 9.50 Å². The van der Waals surface area contributed by atoms with E-state index >= 15 is 0 Å². The zero-order valence-electron chi connectivity index (χ0n) is 15.3. The predicted molar refractivity (Wildman–Crippen MR) is 99.8 cm³/mol. The Labute approximate surface area is 153 Å². The molecule has 8 heteroatoms. The van der Waals surface area contributed by atoms with Crippen molar-refractivity contribution in [1.82, 2.24) is 19.7 Å². The van der Waals surface area contributed by atoms with Crippen LogP contribution in [0.4, 0.5) is 16.2 Å². The Hall–Kier alpha value is -2.22. The van der Waals surface area contributed by atoms with E-state index in [0.717, 1.165) is 36.9 Å². The summed E-state index contributed by atoms with van der Waals surface area (Å²) in [6, 6.07) is 2.16. The monoisotopic (exact) mass is 362 g/mol. The molecular formula is C18H27FN6O. The summed E-state index contributed by atoms with van der Waals surface area (Å²) < 4.78 is 15.2. The molecule has 1 aliphatic rings. The molecule has 0 amide bonds. The highest BCUT2D eigenvalue weighted by Crippen LogP contribution is 2.28. The molecule has 2 aromatic rings. The van der Waals surface area contributed by atoms with Crippen LogP contribution in [0.25, 0.3) is 11.3 Å². The van der Waals surface area contributed by atoms with E-state index in [0.29, 0.717) is 18.2 Å². The molecule has 0 radical (unpaired) electrons. The first kappa shape index (κ1) is 18.6. The molecule has 2 heterocycles. The summed E-state index contributed by atoms with van der Waals surface area (Å²) in [7, 11) is 1.86. The van der Waals surface area contributed by atoms with E-state index in [-0.39, 0.29) is 18.7 Å². The molecule has 3 rings (SSSR count). The number of aryl methyl sites for hydroxylation is 1. The SMILES string of the molecule is CCC(F)CNc1ncc(-c2ccn(C)n2)c(NC2CCC(O)CC2)n1. The van der Waals surface area contributed by atoms with Crippen molar-refractivity contribution in [2.45, 2.75) is 57.3 Å². The average molecular weight is 362 g/mol. The number of nitrogens with one attached hydrogen (secondary N) is 2. The highest BCUT2D eigenvalue weighted by molar-refractivity contribution is 5.72. The second-order valence-electron chi connectivity index (χ2n) is 6.87. The van der Waals surface area contributed by atoms with Gasteiger partial charge in [0.15, 0.2) is 0 Å². The van der Waals surface area contributed by atoms with E-state index in [2.05, 4.69) is 25.7 Å². The first-order chi connectivity index (χ1) is 12.5. The van der Waals surface area contributed by atoms with Crippen LogP contribution in [0, 0.1) is 0 Å². The van der Waals surface area contributed by atoms with Crippen LogP contribution in [0.1, 0.15) is 39.0 Å². The van der Waals surface area contributed by atoms with Gasteiger partial charge in [-0.3, -0.25) is 4.68 Å². The lowest BCUT2D eigenvalue weighted by atomic mass is 9.93. The number of aliphatic hydroxyl groups is 1. The van der Waals surface area contributed by atoms with Gasteiger partial charge in [0.25, 0.3) is 0 Å². The maximum Gasteiger partial charge on any atom is 0.224 e. The van der Waals surface area contributed by atoms with Gasteiger partial charge in [-0.25, -0.2) is 9.37 Å². The van der Waals surface area contributed by atoms with Crippen molar-refractivity contribution in [3.63, 3.8) is 0 Å². The van der Waals surface area contributed by atoms with Crippen LogP contribution in [0.5, 0.6) is 0 Å². The molecule has 142 valence electrons. The van der Waals surface area contributed by atoms with Crippen molar-refractivity contribution in [1.29, 1.82) is 0 Å². The molecule has 26 heavy (non-hydrogen) atoms. The Morgan fingerprint density at radius 2 is 2.12 bits per heavy atom. The molecule has 0 spiro atoms. The van der Waals surface area contributed by atoms with Gasteiger partial charge in [-0.05, 0) is 38.2 Å². The van der Waals surface area contributed by atoms with Crippen molar-refractivity contribution >= 4 is 11.8 Å². The first-order valence-electron chi connectivity index (χ1n) is 9.24. The number of rotatable bonds is 7. The fourth-order valence-electron chi connectivity index (χ4n) is 3.08. The Morgan fingerprint density at radius 3 is 2.77 bits per heavy atom. The largest absolute Gasteiger partial charge is 0.393 e. The van der Waals surface area contributed by atoms with Crippen LogP contribution in [0.15, 0.2) is 18.5 Å².